The van der Waals surface area contributed by atoms with Gasteiger partial charge in [-0.05, 0) is 28.9 Å². The predicted molar refractivity (Wildman–Crippen MR) is 105 cm³/mol. The van der Waals surface area contributed by atoms with E-state index in [0.717, 1.165) is 11.6 Å². The topological polar surface area (TPSA) is 59.8 Å². The molecule has 0 aliphatic rings. The molecule has 0 radical (unpaired) electrons. The van der Waals surface area contributed by atoms with Crippen molar-refractivity contribution in [3.05, 3.63) is 58.6 Å². The summed E-state index contributed by atoms with van der Waals surface area (Å²) in [6, 6.07) is 11.4. The van der Waals surface area contributed by atoms with Crippen LogP contribution in [0.25, 0.3) is 11.4 Å². The van der Waals surface area contributed by atoms with Crippen molar-refractivity contribution in [3.63, 3.8) is 0 Å². The van der Waals surface area contributed by atoms with Crippen LogP contribution < -0.4 is 5.32 Å². The van der Waals surface area contributed by atoms with Gasteiger partial charge >= 0.3 is 0 Å². The second-order valence-electron chi connectivity index (χ2n) is 5.50. The first kappa shape index (κ1) is 19.5. The average Bonchev–Trinajstić information content (AvgIpc) is 3.06. The monoisotopic (exact) mass is 452 g/mol. The quantitative estimate of drug-likeness (QED) is 0.548. The maximum Gasteiger partial charge on any atom is 0.234 e. The lowest BCUT2D eigenvalue weighted by atomic mass is 10.2. The van der Waals surface area contributed by atoms with Crippen LogP contribution in [0.3, 0.4) is 0 Å². The molecule has 3 aromatic rings. The molecule has 1 aromatic heterocycles. The summed E-state index contributed by atoms with van der Waals surface area (Å²) in [6.07, 6.45) is 0. The van der Waals surface area contributed by atoms with Gasteiger partial charge in [0, 0.05) is 22.6 Å². The molecule has 0 aliphatic heterocycles. The summed E-state index contributed by atoms with van der Waals surface area (Å²) >= 11 is 4.24. The molecule has 0 saturated heterocycles. The van der Waals surface area contributed by atoms with Crippen molar-refractivity contribution in [2.45, 2.75) is 18.6 Å². The smallest absolute Gasteiger partial charge is 0.234 e. The molecule has 27 heavy (non-hydrogen) atoms. The van der Waals surface area contributed by atoms with Gasteiger partial charge in [-0.15, -0.1) is 10.2 Å². The normalized spacial score (nSPS) is 10.8. The van der Waals surface area contributed by atoms with Gasteiger partial charge in [0.05, 0.1) is 11.4 Å². The standard InChI is InChI=1S/C18H15BrF2N4OS/c1-2-25-17(11-6-4-3-5-7-11)23-24-18(25)27-10-15(26)22-16-13(19)8-12(20)9-14(16)21/h3-9H,2,10H2,1H3,(H,22,26). The van der Waals surface area contributed by atoms with E-state index in [-0.39, 0.29) is 15.9 Å². The van der Waals surface area contributed by atoms with Crippen LogP contribution in [-0.2, 0) is 11.3 Å². The van der Waals surface area contributed by atoms with Gasteiger partial charge in [-0.1, -0.05) is 42.1 Å². The van der Waals surface area contributed by atoms with Crippen molar-refractivity contribution in [2.24, 2.45) is 0 Å². The molecular formula is C18H15BrF2N4OS. The molecule has 9 heteroatoms. The summed E-state index contributed by atoms with van der Waals surface area (Å²) in [6.45, 7) is 2.60. The molecule has 0 unspecified atom stereocenters. The summed E-state index contributed by atoms with van der Waals surface area (Å²) in [4.78, 5) is 12.2. The first-order valence-electron chi connectivity index (χ1n) is 8.05. The molecule has 0 fully saturated rings. The number of aromatic nitrogens is 3. The minimum Gasteiger partial charge on any atom is -0.322 e. The van der Waals surface area contributed by atoms with E-state index in [1.54, 1.807) is 0 Å². The van der Waals surface area contributed by atoms with Gasteiger partial charge in [0.2, 0.25) is 5.91 Å². The van der Waals surface area contributed by atoms with Crippen LogP contribution in [0.4, 0.5) is 14.5 Å². The van der Waals surface area contributed by atoms with E-state index in [0.29, 0.717) is 23.6 Å². The summed E-state index contributed by atoms with van der Waals surface area (Å²) in [5, 5.41) is 11.4. The van der Waals surface area contributed by atoms with E-state index in [1.807, 2.05) is 41.8 Å². The first-order chi connectivity index (χ1) is 13.0. The number of nitrogens with one attached hydrogen (secondary N) is 1. The van der Waals surface area contributed by atoms with E-state index in [2.05, 4.69) is 31.4 Å². The van der Waals surface area contributed by atoms with Crippen molar-refractivity contribution in [2.75, 3.05) is 11.1 Å². The maximum absolute atomic E-state index is 13.8. The molecule has 0 bridgehead atoms. The molecular weight excluding hydrogens is 438 g/mol. The number of nitrogens with zero attached hydrogens (tertiary/aromatic N) is 3. The van der Waals surface area contributed by atoms with Crippen molar-refractivity contribution < 1.29 is 13.6 Å². The largest absolute Gasteiger partial charge is 0.322 e. The number of anilines is 1. The second kappa shape index (κ2) is 8.62. The van der Waals surface area contributed by atoms with Gasteiger partial charge in [-0.2, -0.15) is 0 Å². The number of hydrogen-bond donors (Lipinski definition) is 1. The Morgan fingerprint density at radius 1 is 1.22 bits per heavy atom. The lowest BCUT2D eigenvalue weighted by Gasteiger charge is -2.09. The molecule has 140 valence electrons. The number of hydrogen-bond acceptors (Lipinski definition) is 4. The number of carbonyl (C=O) groups excluding carboxylic acids is 1. The third kappa shape index (κ3) is 4.54. The van der Waals surface area contributed by atoms with Crippen molar-refractivity contribution in [3.8, 4) is 11.4 Å². The van der Waals surface area contributed by atoms with Crippen LogP contribution in [0.15, 0.2) is 52.1 Å². The molecule has 0 atom stereocenters. The molecule has 1 N–H and O–H groups in total. The summed E-state index contributed by atoms with van der Waals surface area (Å²) in [5.41, 5.74) is 0.837. The van der Waals surface area contributed by atoms with Gasteiger partial charge in [0.25, 0.3) is 0 Å². The lowest BCUT2D eigenvalue weighted by molar-refractivity contribution is -0.113. The Bertz CT molecular complexity index is 942. The van der Waals surface area contributed by atoms with E-state index < -0.39 is 17.5 Å². The third-order valence-electron chi connectivity index (χ3n) is 3.67. The Hall–Kier alpha value is -2.26. The van der Waals surface area contributed by atoms with Gasteiger partial charge in [-0.25, -0.2) is 8.78 Å². The zero-order valence-electron chi connectivity index (χ0n) is 14.2. The Morgan fingerprint density at radius 2 is 1.96 bits per heavy atom. The Balaban J connectivity index is 1.70. The highest BCUT2D eigenvalue weighted by atomic mass is 79.9. The minimum atomic E-state index is -0.844. The second-order valence-corrected chi connectivity index (χ2v) is 7.29. The van der Waals surface area contributed by atoms with Crippen LogP contribution in [-0.4, -0.2) is 26.4 Å². The van der Waals surface area contributed by atoms with Crippen LogP contribution in [0.2, 0.25) is 0 Å². The maximum atomic E-state index is 13.8. The van der Waals surface area contributed by atoms with E-state index in [9.17, 15) is 13.6 Å². The predicted octanol–water partition coefficient (Wildman–Crippen LogP) is 4.74. The minimum absolute atomic E-state index is 0.0101. The average molecular weight is 453 g/mol. The highest BCUT2D eigenvalue weighted by Gasteiger charge is 2.16. The Morgan fingerprint density at radius 3 is 2.63 bits per heavy atom. The van der Waals surface area contributed by atoms with Gasteiger partial charge in [0.1, 0.15) is 5.82 Å². The zero-order chi connectivity index (χ0) is 19.4. The number of carbonyl (C=O) groups is 1. The van der Waals surface area contributed by atoms with Crippen LogP contribution in [0.1, 0.15) is 6.92 Å². The molecule has 5 nitrogen and oxygen atoms in total. The number of benzene rings is 2. The Kier molecular flexibility index (Phi) is 6.22. The van der Waals surface area contributed by atoms with E-state index in [4.69, 9.17) is 0 Å². The SMILES string of the molecule is CCn1c(SCC(=O)Nc2c(F)cc(F)cc2Br)nnc1-c1ccccc1. The molecule has 1 amide bonds. The molecule has 0 spiro atoms. The highest BCUT2D eigenvalue weighted by molar-refractivity contribution is 9.10. The number of rotatable bonds is 6. The number of amides is 1. The zero-order valence-corrected chi connectivity index (χ0v) is 16.7. The summed E-state index contributed by atoms with van der Waals surface area (Å²) < 4.78 is 29.0. The van der Waals surface area contributed by atoms with E-state index >= 15 is 0 Å². The number of thioether (sulfide) groups is 1. The third-order valence-corrected chi connectivity index (χ3v) is 5.26. The lowest BCUT2D eigenvalue weighted by Crippen LogP contribution is -2.16. The van der Waals surface area contributed by atoms with Crippen LogP contribution >= 0.6 is 27.7 Å². The fraction of sp³-hybridized carbons (Fsp3) is 0.167. The summed E-state index contributed by atoms with van der Waals surface area (Å²) in [5.74, 6) is -1.28. The highest BCUT2D eigenvalue weighted by Crippen LogP contribution is 2.28. The van der Waals surface area contributed by atoms with Crippen molar-refractivity contribution in [1.82, 2.24) is 14.8 Å². The Labute approximate surface area is 167 Å². The van der Waals surface area contributed by atoms with E-state index in [1.165, 1.54) is 11.8 Å². The summed E-state index contributed by atoms with van der Waals surface area (Å²) in [7, 11) is 0. The van der Waals surface area contributed by atoms with Crippen molar-refractivity contribution in [1.29, 1.82) is 0 Å². The molecule has 1 heterocycles. The fourth-order valence-corrected chi connectivity index (χ4v) is 3.76. The number of halogens is 3. The molecule has 0 aliphatic carbocycles. The van der Waals surface area contributed by atoms with Crippen LogP contribution in [0.5, 0.6) is 0 Å². The molecule has 0 saturated carbocycles. The fourth-order valence-electron chi connectivity index (χ4n) is 2.45. The van der Waals surface area contributed by atoms with Crippen molar-refractivity contribution >= 4 is 39.3 Å². The van der Waals surface area contributed by atoms with Gasteiger partial charge in [-0.3, -0.25) is 4.79 Å². The van der Waals surface area contributed by atoms with Crippen LogP contribution in [0, 0.1) is 11.6 Å². The van der Waals surface area contributed by atoms with Gasteiger partial charge in [0.15, 0.2) is 16.8 Å². The first-order valence-corrected chi connectivity index (χ1v) is 9.83. The molecule has 3 rings (SSSR count). The molecule has 2 aromatic carbocycles. The van der Waals surface area contributed by atoms with Gasteiger partial charge < -0.3 is 9.88 Å².